The van der Waals surface area contributed by atoms with E-state index in [0.717, 1.165) is 100 Å². The second kappa shape index (κ2) is 17.0. The minimum Gasteiger partial charge on any atom is -0.483 e. The van der Waals surface area contributed by atoms with E-state index in [1.165, 1.54) is 61.8 Å². The van der Waals surface area contributed by atoms with Crippen molar-refractivity contribution in [2.45, 2.75) is 102 Å². The number of carbonyl (C=O) groups is 1. The van der Waals surface area contributed by atoms with Gasteiger partial charge in [0.25, 0.3) is 0 Å². The number of fused-ring (bicyclic) bond motifs is 2. The Labute approximate surface area is 316 Å². The zero-order valence-corrected chi connectivity index (χ0v) is 32.3. The van der Waals surface area contributed by atoms with E-state index in [2.05, 4.69) is 67.0 Å². The minimum absolute atomic E-state index is 0. The standard InChI is InChI=1S/C44H57FN2O4.ClH/c1-43(2)38-20-24-47(23-19-32-11-5-4-6-12-32)31-36(38)42-39(50-41(48)14-8-10-22-46-25-27-49-28-26-46)29-34(30-40(42)51-43)44(3)21-9-7-13-37(44)33-15-17-35(45)18-16-33;/h7,9,13,15-18,21,29-30,32,37H,4-6,8,10-12,14,19-20,22-28,31H2,1-3H3;1H. The predicted octanol–water partition coefficient (Wildman–Crippen LogP) is 9.42. The van der Waals surface area contributed by atoms with Crippen LogP contribution in [-0.4, -0.2) is 73.9 Å². The fourth-order valence-corrected chi connectivity index (χ4v) is 9.18. The van der Waals surface area contributed by atoms with Gasteiger partial charge in [-0.25, -0.2) is 4.39 Å². The van der Waals surface area contributed by atoms with Crippen LogP contribution in [0.25, 0.3) is 5.57 Å². The number of morpholine rings is 1. The van der Waals surface area contributed by atoms with Gasteiger partial charge in [-0.05, 0) is 105 Å². The van der Waals surface area contributed by atoms with Crippen molar-refractivity contribution >= 4 is 23.9 Å². The Kier molecular flexibility index (Phi) is 12.7. The molecular weight excluding hydrogens is 675 g/mol. The highest BCUT2D eigenvalue weighted by molar-refractivity contribution is 5.86. The number of hydrogen-bond donors (Lipinski definition) is 0. The maximum absolute atomic E-state index is 14.0. The van der Waals surface area contributed by atoms with Gasteiger partial charge in [-0.3, -0.25) is 14.6 Å². The minimum atomic E-state index is -0.484. The SMILES string of the molecule is CC1(C)Oc2cc(C3(C)C=CC=CC3c3ccc(F)cc3)cc(OC(=O)CCCCN3CCOCC3)c2C2=C1CCN(CCC1CCCCC1)C2.Cl. The van der Waals surface area contributed by atoms with Crippen LogP contribution in [0.4, 0.5) is 4.39 Å². The van der Waals surface area contributed by atoms with E-state index < -0.39 is 11.0 Å². The van der Waals surface area contributed by atoms with Gasteiger partial charge in [0.1, 0.15) is 22.9 Å². The molecule has 2 atom stereocenters. The third-order valence-electron chi connectivity index (χ3n) is 12.2. The molecule has 0 bridgehead atoms. The molecule has 1 saturated carbocycles. The quantitative estimate of drug-likeness (QED) is 0.130. The molecule has 52 heavy (non-hydrogen) atoms. The highest BCUT2D eigenvalue weighted by Gasteiger charge is 2.42. The van der Waals surface area contributed by atoms with Gasteiger partial charge in [0, 0.05) is 43.9 Å². The molecule has 2 aromatic rings. The second-order valence-corrected chi connectivity index (χ2v) is 16.2. The van der Waals surface area contributed by atoms with Crippen LogP contribution in [0, 0.1) is 11.7 Å². The van der Waals surface area contributed by atoms with Crippen molar-refractivity contribution in [1.29, 1.82) is 0 Å². The highest BCUT2D eigenvalue weighted by atomic mass is 35.5. The Morgan fingerprint density at radius 2 is 1.71 bits per heavy atom. The molecule has 0 amide bonds. The van der Waals surface area contributed by atoms with Gasteiger partial charge in [-0.15, -0.1) is 12.4 Å². The van der Waals surface area contributed by atoms with Crippen molar-refractivity contribution in [1.82, 2.24) is 9.80 Å². The van der Waals surface area contributed by atoms with Crippen LogP contribution >= 0.6 is 12.4 Å². The molecule has 8 heteroatoms. The largest absolute Gasteiger partial charge is 0.483 e. The summed E-state index contributed by atoms with van der Waals surface area (Å²) in [5.74, 6) is 1.72. The van der Waals surface area contributed by atoms with E-state index in [0.29, 0.717) is 12.2 Å². The molecule has 6 nitrogen and oxygen atoms in total. The van der Waals surface area contributed by atoms with Crippen LogP contribution in [0.3, 0.4) is 0 Å². The smallest absolute Gasteiger partial charge is 0.311 e. The zero-order valence-electron chi connectivity index (χ0n) is 31.5. The van der Waals surface area contributed by atoms with Crippen LogP contribution in [0.5, 0.6) is 11.5 Å². The monoisotopic (exact) mass is 732 g/mol. The molecule has 1 saturated heterocycles. The lowest BCUT2D eigenvalue weighted by molar-refractivity contribution is -0.134. The number of unbranched alkanes of at least 4 members (excludes halogenated alkanes) is 1. The van der Waals surface area contributed by atoms with Gasteiger partial charge >= 0.3 is 5.97 Å². The maximum Gasteiger partial charge on any atom is 0.311 e. The van der Waals surface area contributed by atoms with E-state index in [1.807, 2.05) is 12.1 Å². The summed E-state index contributed by atoms with van der Waals surface area (Å²) >= 11 is 0. The molecule has 2 aromatic carbocycles. The lowest BCUT2D eigenvalue weighted by Gasteiger charge is -2.44. The van der Waals surface area contributed by atoms with Gasteiger partial charge in [0.15, 0.2) is 0 Å². The highest BCUT2D eigenvalue weighted by Crippen LogP contribution is 2.52. The predicted molar refractivity (Wildman–Crippen MR) is 209 cm³/mol. The molecule has 2 fully saturated rings. The number of rotatable bonds is 11. The van der Waals surface area contributed by atoms with Crippen molar-refractivity contribution in [2.24, 2.45) is 5.92 Å². The molecule has 3 heterocycles. The van der Waals surface area contributed by atoms with E-state index in [9.17, 15) is 9.18 Å². The fourth-order valence-electron chi connectivity index (χ4n) is 9.18. The first-order valence-corrected chi connectivity index (χ1v) is 19.6. The molecule has 5 aliphatic rings. The lowest BCUT2D eigenvalue weighted by Crippen LogP contribution is -2.43. The number of allylic oxidation sites excluding steroid dienone is 4. The van der Waals surface area contributed by atoms with E-state index >= 15 is 0 Å². The topological polar surface area (TPSA) is 51.2 Å². The Morgan fingerprint density at radius 1 is 0.942 bits per heavy atom. The molecule has 2 aliphatic carbocycles. The molecule has 7 rings (SSSR count). The Hall–Kier alpha value is -2.97. The van der Waals surface area contributed by atoms with Crippen molar-refractivity contribution in [2.75, 3.05) is 52.5 Å². The third-order valence-corrected chi connectivity index (χ3v) is 12.2. The summed E-state index contributed by atoms with van der Waals surface area (Å²) in [5, 5.41) is 0. The van der Waals surface area contributed by atoms with Crippen LogP contribution in [0.15, 0.2) is 66.3 Å². The number of benzene rings is 2. The van der Waals surface area contributed by atoms with Crippen molar-refractivity contribution in [3.63, 3.8) is 0 Å². The van der Waals surface area contributed by atoms with Gasteiger partial charge < -0.3 is 14.2 Å². The van der Waals surface area contributed by atoms with Gasteiger partial charge in [0.2, 0.25) is 0 Å². The summed E-state index contributed by atoms with van der Waals surface area (Å²) in [6.07, 6.45) is 19.7. The van der Waals surface area contributed by atoms with Crippen molar-refractivity contribution < 1.29 is 23.4 Å². The molecule has 0 aromatic heterocycles. The summed E-state index contributed by atoms with van der Waals surface area (Å²) in [6.45, 7) is 14.0. The molecule has 0 radical (unpaired) electrons. The first kappa shape index (κ1) is 38.7. The Morgan fingerprint density at radius 3 is 2.48 bits per heavy atom. The molecule has 0 N–H and O–H groups in total. The van der Waals surface area contributed by atoms with Crippen LogP contribution in [-0.2, 0) is 14.9 Å². The maximum atomic E-state index is 14.0. The first-order valence-electron chi connectivity index (χ1n) is 19.6. The van der Waals surface area contributed by atoms with Gasteiger partial charge in [-0.1, -0.05) is 75.5 Å². The van der Waals surface area contributed by atoms with Crippen LogP contribution < -0.4 is 9.47 Å². The van der Waals surface area contributed by atoms with Gasteiger partial charge in [0.05, 0.1) is 18.8 Å². The third kappa shape index (κ3) is 8.70. The Balaban J connectivity index is 0.00000464. The number of hydrogen-bond acceptors (Lipinski definition) is 6. The lowest BCUT2D eigenvalue weighted by atomic mass is 9.66. The number of nitrogens with zero attached hydrogens (tertiary/aromatic N) is 2. The summed E-state index contributed by atoms with van der Waals surface area (Å²) in [7, 11) is 0. The first-order chi connectivity index (χ1) is 24.7. The van der Waals surface area contributed by atoms with E-state index in [4.69, 9.17) is 14.2 Å². The number of carbonyl (C=O) groups excluding carboxylic acids is 1. The number of ether oxygens (including phenoxy) is 3. The molecule has 2 unspecified atom stereocenters. The van der Waals surface area contributed by atoms with Gasteiger partial charge in [-0.2, -0.15) is 0 Å². The molecular formula is C44H58ClFN2O4. The average Bonchev–Trinajstić information content (AvgIpc) is 3.13. The summed E-state index contributed by atoms with van der Waals surface area (Å²) < 4.78 is 32.9. The molecule has 282 valence electrons. The summed E-state index contributed by atoms with van der Waals surface area (Å²) in [6, 6.07) is 11.1. The Bertz CT molecular complexity index is 1640. The summed E-state index contributed by atoms with van der Waals surface area (Å²) in [5.41, 5.74) is 4.60. The normalized spacial score (nSPS) is 24.8. The van der Waals surface area contributed by atoms with Crippen molar-refractivity contribution in [3.8, 4) is 11.5 Å². The fraction of sp³-hybridized carbons (Fsp3) is 0.568. The van der Waals surface area contributed by atoms with Crippen LogP contribution in [0.1, 0.15) is 108 Å². The van der Waals surface area contributed by atoms with E-state index in [-0.39, 0.29) is 30.1 Å². The van der Waals surface area contributed by atoms with Crippen molar-refractivity contribution in [3.05, 3.63) is 88.8 Å². The zero-order chi connectivity index (χ0) is 35.4. The second-order valence-electron chi connectivity index (χ2n) is 16.2. The number of esters is 1. The van der Waals surface area contributed by atoms with Crippen LogP contribution in [0.2, 0.25) is 0 Å². The molecule has 0 spiro atoms. The number of halogens is 2. The van der Waals surface area contributed by atoms with E-state index in [1.54, 1.807) is 0 Å². The average molecular weight is 733 g/mol. The molecule has 3 aliphatic heterocycles. The summed E-state index contributed by atoms with van der Waals surface area (Å²) in [4.78, 5) is 18.7.